The fraction of sp³-hybridized carbons (Fsp3) is 0.348. The van der Waals surface area contributed by atoms with Gasteiger partial charge < -0.3 is 10.6 Å². The lowest BCUT2D eigenvalue weighted by molar-refractivity contribution is -0.132. The molecule has 5 heteroatoms. The molecule has 0 bridgehead atoms. The maximum absolute atomic E-state index is 12.5. The number of rotatable bonds is 8. The molecule has 2 aromatic carbocycles. The first-order chi connectivity index (χ1) is 13.4. The zero-order valence-corrected chi connectivity index (χ0v) is 16.7. The lowest BCUT2D eigenvalue weighted by Gasteiger charge is -2.25. The minimum Gasteiger partial charge on any atom is -0.350 e. The van der Waals surface area contributed by atoms with Gasteiger partial charge in [-0.05, 0) is 43.0 Å². The molecule has 0 spiro atoms. The van der Waals surface area contributed by atoms with Crippen LogP contribution in [0.4, 0.5) is 0 Å². The number of hydrogen-bond donors (Lipinski definition) is 2. The van der Waals surface area contributed by atoms with Crippen molar-refractivity contribution >= 4 is 11.8 Å². The molecule has 0 atom stereocenters. The van der Waals surface area contributed by atoms with Crippen LogP contribution in [0.1, 0.15) is 51.2 Å². The second kappa shape index (κ2) is 9.70. The van der Waals surface area contributed by atoms with E-state index in [-0.39, 0.29) is 11.8 Å². The molecule has 2 amide bonds. The predicted octanol–water partition coefficient (Wildman–Crippen LogP) is 3.93. The Morgan fingerprint density at radius 1 is 1.07 bits per heavy atom. The number of carbonyl (C=O) groups is 2. The fourth-order valence-corrected chi connectivity index (χ4v) is 2.84. The molecule has 2 N–H and O–H groups in total. The summed E-state index contributed by atoms with van der Waals surface area (Å²) in [6, 6.07) is 17.4. The van der Waals surface area contributed by atoms with E-state index in [1.807, 2.05) is 49.4 Å². The Labute approximate surface area is 166 Å². The normalized spacial score (nSPS) is 10.8. The molecular formula is C23H27N3O2. The third kappa shape index (κ3) is 5.68. The largest absolute Gasteiger partial charge is 0.350 e. The standard InChI is InChI=1S/C23H27N3O2/c1-4-5-10-21(27)26-23(2,3)22(28)25-16-17-11-13-18(14-12-17)20-9-7-6-8-19(20)15-24/h6-9,11-14H,4-5,10,16H2,1-3H3,(H,25,28)(H,26,27). The van der Waals surface area contributed by atoms with E-state index < -0.39 is 5.54 Å². The highest BCUT2D eigenvalue weighted by molar-refractivity contribution is 5.90. The minimum absolute atomic E-state index is 0.109. The van der Waals surface area contributed by atoms with E-state index in [0.717, 1.165) is 29.5 Å². The molecule has 146 valence electrons. The summed E-state index contributed by atoms with van der Waals surface area (Å²) in [5.74, 6) is -0.334. The second-order valence-corrected chi connectivity index (χ2v) is 7.31. The van der Waals surface area contributed by atoms with Crippen molar-refractivity contribution in [2.45, 2.75) is 52.1 Å². The molecule has 0 aliphatic carbocycles. The lowest BCUT2D eigenvalue weighted by atomic mass is 9.99. The van der Waals surface area contributed by atoms with Crippen LogP contribution >= 0.6 is 0 Å². The number of hydrogen-bond acceptors (Lipinski definition) is 3. The Morgan fingerprint density at radius 3 is 2.39 bits per heavy atom. The summed E-state index contributed by atoms with van der Waals surface area (Å²) in [5, 5.41) is 14.9. The molecule has 0 saturated heterocycles. The molecule has 28 heavy (non-hydrogen) atoms. The smallest absolute Gasteiger partial charge is 0.245 e. The molecule has 2 rings (SSSR count). The van der Waals surface area contributed by atoms with Gasteiger partial charge in [0.05, 0.1) is 11.6 Å². The van der Waals surface area contributed by atoms with Crippen LogP contribution in [0.5, 0.6) is 0 Å². The van der Waals surface area contributed by atoms with Gasteiger partial charge in [0.15, 0.2) is 0 Å². The molecular weight excluding hydrogens is 350 g/mol. The van der Waals surface area contributed by atoms with E-state index in [1.165, 1.54) is 0 Å². The third-order valence-electron chi connectivity index (χ3n) is 4.54. The number of unbranched alkanes of at least 4 members (excludes halogenated alkanes) is 1. The highest BCUT2D eigenvalue weighted by atomic mass is 16.2. The van der Waals surface area contributed by atoms with Gasteiger partial charge in [0.1, 0.15) is 5.54 Å². The Balaban J connectivity index is 1.96. The molecule has 5 nitrogen and oxygen atoms in total. The van der Waals surface area contributed by atoms with Crippen molar-refractivity contribution in [1.29, 1.82) is 5.26 Å². The van der Waals surface area contributed by atoms with Gasteiger partial charge in [0.25, 0.3) is 0 Å². The lowest BCUT2D eigenvalue weighted by Crippen LogP contribution is -2.54. The molecule has 0 aliphatic heterocycles. The number of carbonyl (C=O) groups excluding carboxylic acids is 2. The number of nitriles is 1. The van der Waals surface area contributed by atoms with Gasteiger partial charge in [-0.2, -0.15) is 5.26 Å². The second-order valence-electron chi connectivity index (χ2n) is 7.31. The van der Waals surface area contributed by atoms with E-state index in [2.05, 4.69) is 16.7 Å². The van der Waals surface area contributed by atoms with Crippen LogP contribution in [0.2, 0.25) is 0 Å². The Hall–Kier alpha value is -3.13. The van der Waals surface area contributed by atoms with Gasteiger partial charge in [-0.25, -0.2) is 0 Å². The number of nitrogens with zero attached hydrogens (tertiary/aromatic N) is 1. The van der Waals surface area contributed by atoms with E-state index >= 15 is 0 Å². The van der Waals surface area contributed by atoms with Crippen LogP contribution in [-0.4, -0.2) is 17.4 Å². The first-order valence-electron chi connectivity index (χ1n) is 9.55. The zero-order valence-electron chi connectivity index (χ0n) is 16.7. The molecule has 0 aliphatic rings. The van der Waals surface area contributed by atoms with Crippen molar-refractivity contribution in [1.82, 2.24) is 10.6 Å². The molecule has 0 saturated carbocycles. The minimum atomic E-state index is -0.962. The van der Waals surface area contributed by atoms with E-state index in [0.29, 0.717) is 18.5 Å². The summed E-state index contributed by atoms with van der Waals surface area (Å²) < 4.78 is 0. The van der Waals surface area contributed by atoms with Crippen LogP contribution in [0.3, 0.4) is 0 Å². The average Bonchev–Trinajstić information content (AvgIpc) is 2.70. The van der Waals surface area contributed by atoms with E-state index in [4.69, 9.17) is 0 Å². The molecule has 0 heterocycles. The van der Waals surface area contributed by atoms with Crippen molar-refractivity contribution in [2.75, 3.05) is 0 Å². The van der Waals surface area contributed by atoms with Crippen molar-refractivity contribution < 1.29 is 9.59 Å². The summed E-state index contributed by atoms with van der Waals surface area (Å²) in [5.41, 5.74) is 2.45. The maximum atomic E-state index is 12.5. The first-order valence-corrected chi connectivity index (χ1v) is 9.55. The van der Waals surface area contributed by atoms with Gasteiger partial charge >= 0.3 is 0 Å². The van der Waals surface area contributed by atoms with Gasteiger partial charge in [0.2, 0.25) is 11.8 Å². The van der Waals surface area contributed by atoms with Gasteiger partial charge in [-0.1, -0.05) is 55.8 Å². The first kappa shape index (κ1) is 21.2. The monoisotopic (exact) mass is 377 g/mol. The third-order valence-corrected chi connectivity index (χ3v) is 4.54. The predicted molar refractivity (Wildman–Crippen MR) is 110 cm³/mol. The van der Waals surface area contributed by atoms with E-state index in [1.54, 1.807) is 19.9 Å². The quantitative estimate of drug-likeness (QED) is 0.731. The van der Waals surface area contributed by atoms with Crippen LogP contribution in [0, 0.1) is 11.3 Å². The SMILES string of the molecule is CCCCC(=O)NC(C)(C)C(=O)NCc1ccc(-c2ccccc2C#N)cc1. The molecule has 0 radical (unpaired) electrons. The summed E-state index contributed by atoms with van der Waals surface area (Å²) in [6.45, 7) is 5.80. The van der Waals surface area contributed by atoms with Crippen LogP contribution in [0.15, 0.2) is 48.5 Å². The van der Waals surface area contributed by atoms with Crippen molar-refractivity contribution in [3.8, 4) is 17.2 Å². The Kier molecular flexibility index (Phi) is 7.34. The maximum Gasteiger partial charge on any atom is 0.245 e. The summed E-state index contributed by atoms with van der Waals surface area (Å²) in [6.07, 6.45) is 2.18. The van der Waals surface area contributed by atoms with Gasteiger partial charge in [0, 0.05) is 13.0 Å². The highest BCUT2D eigenvalue weighted by Gasteiger charge is 2.28. The summed E-state index contributed by atoms with van der Waals surface area (Å²) >= 11 is 0. The topological polar surface area (TPSA) is 82.0 Å². The summed E-state index contributed by atoms with van der Waals surface area (Å²) in [4.78, 5) is 24.4. The highest BCUT2D eigenvalue weighted by Crippen LogP contribution is 2.23. The van der Waals surface area contributed by atoms with Crippen LogP contribution in [-0.2, 0) is 16.1 Å². The van der Waals surface area contributed by atoms with Gasteiger partial charge in [-0.15, -0.1) is 0 Å². The average molecular weight is 377 g/mol. The Bertz CT molecular complexity index is 864. The number of benzene rings is 2. The Morgan fingerprint density at radius 2 is 1.75 bits per heavy atom. The van der Waals surface area contributed by atoms with Crippen LogP contribution in [0.25, 0.3) is 11.1 Å². The number of amides is 2. The van der Waals surface area contributed by atoms with Crippen molar-refractivity contribution in [2.24, 2.45) is 0 Å². The molecule has 0 fully saturated rings. The molecule has 2 aromatic rings. The van der Waals surface area contributed by atoms with Crippen LogP contribution < -0.4 is 10.6 Å². The zero-order chi connectivity index (χ0) is 20.6. The molecule has 0 unspecified atom stereocenters. The fourth-order valence-electron chi connectivity index (χ4n) is 2.84. The van der Waals surface area contributed by atoms with E-state index in [9.17, 15) is 14.9 Å². The molecule has 0 aromatic heterocycles. The van der Waals surface area contributed by atoms with Crippen molar-refractivity contribution in [3.63, 3.8) is 0 Å². The van der Waals surface area contributed by atoms with Crippen molar-refractivity contribution in [3.05, 3.63) is 59.7 Å². The number of nitrogens with one attached hydrogen (secondary N) is 2. The summed E-state index contributed by atoms with van der Waals surface area (Å²) in [7, 11) is 0. The van der Waals surface area contributed by atoms with Gasteiger partial charge in [-0.3, -0.25) is 9.59 Å².